The second kappa shape index (κ2) is 5.85. The number of ether oxygens (including phenoxy) is 2. The van der Waals surface area contributed by atoms with E-state index in [0.717, 1.165) is 16.6 Å². The van der Waals surface area contributed by atoms with Crippen molar-refractivity contribution in [1.82, 2.24) is 4.98 Å². The van der Waals surface area contributed by atoms with Crippen molar-refractivity contribution in [1.29, 1.82) is 0 Å². The summed E-state index contributed by atoms with van der Waals surface area (Å²) in [5.41, 5.74) is 2.34. The van der Waals surface area contributed by atoms with Crippen LogP contribution in [-0.2, 0) is 4.79 Å². The van der Waals surface area contributed by atoms with E-state index in [0.29, 0.717) is 17.2 Å². The summed E-state index contributed by atoms with van der Waals surface area (Å²) in [4.78, 5) is 17.1. The number of hydrogen-bond donors (Lipinski definition) is 1. The van der Waals surface area contributed by atoms with E-state index in [1.165, 1.54) is 0 Å². The Kier molecular flexibility index (Phi) is 3.54. The molecule has 0 saturated carbocycles. The summed E-state index contributed by atoms with van der Waals surface area (Å²) >= 11 is 0. The molecule has 5 nitrogen and oxygen atoms in total. The number of carbonyl (C=O) groups excluding carboxylic acids is 1. The van der Waals surface area contributed by atoms with E-state index in [4.69, 9.17) is 9.47 Å². The van der Waals surface area contributed by atoms with Crippen LogP contribution in [0.2, 0.25) is 0 Å². The number of hydrogen-bond acceptors (Lipinski definition) is 4. The van der Waals surface area contributed by atoms with Crippen LogP contribution in [0.25, 0.3) is 10.9 Å². The lowest BCUT2D eigenvalue weighted by molar-refractivity contribution is -0.125. The van der Waals surface area contributed by atoms with E-state index in [-0.39, 0.29) is 12.5 Å². The number of nitrogens with zero attached hydrogens (tertiary/aromatic N) is 1. The minimum atomic E-state index is -0.694. The third-order valence-electron chi connectivity index (χ3n) is 3.92. The normalized spacial score (nSPS) is 16.0. The van der Waals surface area contributed by atoms with Gasteiger partial charge in [-0.3, -0.25) is 9.78 Å². The third kappa shape index (κ3) is 2.65. The van der Waals surface area contributed by atoms with Gasteiger partial charge in [-0.1, -0.05) is 30.3 Å². The standard InChI is InChI=1S/C19H16N2O3/c1-12-9-10-13-5-4-6-14(18(13)20-12)21-19(22)17-11-23-15-7-2-3-8-16(15)24-17/h2-10,17H,11H2,1H3,(H,21,22). The molecule has 3 aromatic rings. The maximum Gasteiger partial charge on any atom is 0.269 e. The molecule has 0 radical (unpaired) electrons. The minimum Gasteiger partial charge on any atom is -0.485 e. The summed E-state index contributed by atoms with van der Waals surface area (Å²) in [7, 11) is 0. The van der Waals surface area contributed by atoms with Crippen molar-refractivity contribution in [2.75, 3.05) is 11.9 Å². The molecule has 0 aliphatic carbocycles. The fourth-order valence-corrected chi connectivity index (χ4v) is 2.71. The van der Waals surface area contributed by atoms with Crippen LogP contribution in [0.1, 0.15) is 5.69 Å². The molecular weight excluding hydrogens is 304 g/mol. The molecule has 1 aromatic heterocycles. The Morgan fingerprint density at radius 2 is 1.92 bits per heavy atom. The Labute approximate surface area is 139 Å². The van der Waals surface area contributed by atoms with Gasteiger partial charge in [0.1, 0.15) is 6.61 Å². The van der Waals surface area contributed by atoms with Crippen molar-refractivity contribution in [3.05, 3.63) is 60.3 Å². The van der Waals surface area contributed by atoms with Gasteiger partial charge in [0.25, 0.3) is 5.91 Å². The third-order valence-corrected chi connectivity index (χ3v) is 3.92. The summed E-state index contributed by atoms with van der Waals surface area (Å²) in [5, 5.41) is 3.88. The zero-order valence-corrected chi connectivity index (χ0v) is 13.2. The minimum absolute atomic E-state index is 0.181. The number of pyridine rings is 1. The molecule has 120 valence electrons. The van der Waals surface area contributed by atoms with Crippen molar-refractivity contribution in [3.63, 3.8) is 0 Å². The van der Waals surface area contributed by atoms with Crippen LogP contribution in [0.15, 0.2) is 54.6 Å². The Morgan fingerprint density at radius 1 is 1.08 bits per heavy atom. The number of rotatable bonds is 2. The van der Waals surface area contributed by atoms with Gasteiger partial charge in [0.2, 0.25) is 6.10 Å². The molecule has 1 atom stereocenters. The van der Waals surface area contributed by atoms with Gasteiger partial charge in [-0.05, 0) is 31.2 Å². The fourth-order valence-electron chi connectivity index (χ4n) is 2.71. The van der Waals surface area contributed by atoms with E-state index < -0.39 is 6.10 Å². The Hall–Kier alpha value is -3.08. The maximum atomic E-state index is 12.6. The average Bonchev–Trinajstić information content (AvgIpc) is 2.62. The maximum absolute atomic E-state index is 12.6. The van der Waals surface area contributed by atoms with Crippen molar-refractivity contribution in [3.8, 4) is 11.5 Å². The van der Waals surface area contributed by atoms with Crippen molar-refractivity contribution >= 4 is 22.5 Å². The number of aromatic nitrogens is 1. The van der Waals surface area contributed by atoms with Gasteiger partial charge < -0.3 is 14.8 Å². The molecule has 0 bridgehead atoms. The van der Waals surface area contributed by atoms with Crippen molar-refractivity contribution in [2.45, 2.75) is 13.0 Å². The van der Waals surface area contributed by atoms with Gasteiger partial charge in [-0.2, -0.15) is 0 Å². The first-order chi connectivity index (χ1) is 11.7. The first-order valence-electron chi connectivity index (χ1n) is 7.76. The Balaban J connectivity index is 1.58. The molecule has 5 heteroatoms. The second-order valence-electron chi connectivity index (χ2n) is 5.68. The van der Waals surface area contributed by atoms with E-state index in [1.807, 2.05) is 55.5 Å². The molecule has 0 saturated heterocycles. The topological polar surface area (TPSA) is 60.5 Å². The van der Waals surface area contributed by atoms with Gasteiger partial charge in [-0.25, -0.2) is 0 Å². The Bertz CT molecular complexity index is 923. The molecule has 4 rings (SSSR count). The summed E-state index contributed by atoms with van der Waals surface area (Å²) in [6.45, 7) is 2.10. The summed E-state index contributed by atoms with van der Waals surface area (Å²) < 4.78 is 11.3. The zero-order valence-electron chi connectivity index (χ0n) is 13.2. The van der Waals surface area contributed by atoms with Crippen LogP contribution < -0.4 is 14.8 Å². The number of nitrogens with one attached hydrogen (secondary N) is 1. The first-order valence-corrected chi connectivity index (χ1v) is 7.76. The van der Waals surface area contributed by atoms with Gasteiger partial charge in [-0.15, -0.1) is 0 Å². The molecule has 1 N–H and O–H groups in total. The largest absolute Gasteiger partial charge is 0.485 e. The number of benzene rings is 2. The molecule has 0 spiro atoms. The van der Waals surface area contributed by atoms with Crippen molar-refractivity contribution < 1.29 is 14.3 Å². The lowest BCUT2D eigenvalue weighted by Crippen LogP contribution is -2.40. The number of anilines is 1. The monoisotopic (exact) mass is 320 g/mol. The SMILES string of the molecule is Cc1ccc2cccc(NC(=O)C3COc4ccccc4O3)c2n1. The van der Waals surface area contributed by atoms with Crippen molar-refractivity contribution in [2.24, 2.45) is 0 Å². The van der Waals surface area contributed by atoms with Gasteiger partial charge in [0, 0.05) is 11.1 Å². The van der Waals surface area contributed by atoms with Crippen LogP contribution in [0.3, 0.4) is 0 Å². The van der Waals surface area contributed by atoms with Crippen LogP contribution in [0.4, 0.5) is 5.69 Å². The number of aryl methyl sites for hydroxylation is 1. The average molecular weight is 320 g/mol. The smallest absolute Gasteiger partial charge is 0.269 e. The van der Waals surface area contributed by atoms with Crippen LogP contribution in [0.5, 0.6) is 11.5 Å². The number of carbonyl (C=O) groups is 1. The lowest BCUT2D eigenvalue weighted by Gasteiger charge is -2.25. The van der Waals surface area contributed by atoms with E-state index in [2.05, 4.69) is 10.3 Å². The number of para-hydroxylation sites is 3. The lowest BCUT2D eigenvalue weighted by atomic mass is 10.1. The highest BCUT2D eigenvalue weighted by Gasteiger charge is 2.27. The molecule has 1 unspecified atom stereocenters. The summed E-state index contributed by atoms with van der Waals surface area (Å²) in [6.07, 6.45) is -0.694. The zero-order chi connectivity index (χ0) is 16.5. The van der Waals surface area contributed by atoms with Crippen LogP contribution >= 0.6 is 0 Å². The second-order valence-corrected chi connectivity index (χ2v) is 5.68. The first kappa shape index (κ1) is 14.5. The highest BCUT2D eigenvalue weighted by atomic mass is 16.6. The van der Waals surface area contributed by atoms with Gasteiger partial charge in [0.15, 0.2) is 11.5 Å². The van der Waals surface area contributed by atoms with Crippen LogP contribution in [0, 0.1) is 6.92 Å². The molecule has 2 heterocycles. The van der Waals surface area contributed by atoms with E-state index in [1.54, 1.807) is 6.07 Å². The molecule has 2 aromatic carbocycles. The highest BCUT2D eigenvalue weighted by Crippen LogP contribution is 2.31. The van der Waals surface area contributed by atoms with E-state index in [9.17, 15) is 4.79 Å². The summed E-state index contributed by atoms with van der Waals surface area (Å²) in [5.74, 6) is 0.986. The number of amides is 1. The van der Waals surface area contributed by atoms with Crippen LogP contribution in [-0.4, -0.2) is 23.6 Å². The van der Waals surface area contributed by atoms with E-state index >= 15 is 0 Å². The molecule has 1 aliphatic rings. The molecule has 1 aliphatic heterocycles. The quantitative estimate of drug-likeness (QED) is 0.787. The Morgan fingerprint density at radius 3 is 2.79 bits per heavy atom. The molecule has 24 heavy (non-hydrogen) atoms. The number of fused-ring (bicyclic) bond motifs is 2. The molecule has 1 amide bonds. The van der Waals surface area contributed by atoms with Gasteiger partial charge >= 0.3 is 0 Å². The highest BCUT2D eigenvalue weighted by molar-refractivity contribution is 6.02. The fraction of sp³-hybridized carbons (Fsp3) is 0.158. The molecular formula is C19H16N2O3. The molecule has 0 fully saturated rings. The summed E-state index contributed by atoms with van der Waals surface area (Å²) in [6, 6.07) is 17.0. The predicted molar refractivity (Wildman–Crippen MR) is 91.5 cm³/mol. The van der Waals surface area contributed by atoms with Gasteiger partial charge in [0.05, 0.1) is 11.2 Å². The predicted octanol–water partition coefficient (Wildman–Crippen LogP) is 3.32.